The van der Waals surface area contributed by atoms with E-state index in [1.165, 1.54) is 0 Å². The number of pyridine rings is 2. The van der Waals surface area contributed by atoms with Gasteiger partial charge in [-0.05, 0) is 44.4 Å². The molecule has 0 radical (unpaired) electrons. The Morgan fingerprint density at radius 3 is 2.76 bits per heavy atom. The third kappa shape index (κ3) is 2.54. The van der Waals surface area contributed by atoms with Gasteiger partial charge < -0.3 is 4.57 Å². The lowest BCUT2D eigenvalue weighted by molar-refractivity contribution is 0.599. The summed E-state index contributed by atoms with van der Waals surface area (Å²) in [5.74, 6) is 0. The van der Waals surface area contributed by atoms with Gasteiger partial charge in [0.05, 0.1) is 5.52 Å². The fraction of sp³-hybridized carbons (Fsp3) is 0.294. The molecule has 2 heterocycles. The van der Waals surface area contributed by atoms with E-state index in [0.717, 1.165) is 34.9 Å². The Balaban J connectivity index is 2.35. The number of allylic oxidation sites excluding steroid dienone is 4. The summed E-state index contributed by atoms with van der Waals surface area (Å²) >= 11 is 5.99. The predicted molar refractivity (Wildman–Crippen MR) is 87.7 cm³/mol. The third-order valence-corrected chi connectivity index (χ3v) is 3.92. The lowest BCUT2D eigenvalue weighted by Crippen LogP contribution is -2.25. The first kappa shape index (κ1) is 14.1. The van der Waals surface area contributed by atoms with Crippen molar-refractivity contribution in [2.24, 2.45) is 0 Å². The van der Waals surface area contributed by atoms with Crippen LogP contribution in [0.3, 0.4) is 0 Å². The summed E-state index contributed by atoms with van der Waals surface area (Å²) in [4.78, 5) is 17.0. The highest BCUT2D eigenvalue weighted by Crippen LogP contribution is 2.24. The SMILES string of the molecule is CC(C)n1c(=O)c(C2=CCCC=C2)cc2cnc(Cl)cc21. The van der Waals surface area contributed by atoms with E-state index in [9.17, 15) is 4.79 Å². The molecule has 0 saturated carbocycles. The average molecular weight is 301 g/mol. The highest BCUT2D eigenvalue weighted by molar-refractivity contribution is 6.30. The zero-order chi connectivity index (χ0) is 15.0. The lowest BCUT2D eigenvalue weighted by Gasteiger charge is -2.17. The van der Waals surface area contributed by atoms with Crippen molar-refractivity contribution in [1.29, 1.82) is 0 Å². The first-order valence-corrected chi connectivity index (χ1v) is 7.53. The molecule has 1 aliphatic rings. The molecule has 0 spiro atoms. The van der Waals surface area contributed by atoms with Gasteiger partial charge in [0.2, 0.25) is 0 Å². The van der Waals surface area contributed by atoms with Gasteiger partial charge in [-0.25, -0.2) is 4.98 Å². The standard InChI is InChI=1S/C17H17ClN2O/c1-11(2)20-15-9-16(18)19-10-13(15)8-14(17(20)21)12-6-4-3-5-7-12/h4,6-11H,3,5H2,1-2H3. The molecule has 0 saturated heterocycles. The van der Waals surface area contributed by atoms with Gasteiger partial charge in [-0.2, -0.15) is 0 Å². The Bertz CT molecular complexity index is 815. The summed E-state index contributed by atoms with van der Waals surface area (Å²) in [6.45, 7) is 4.01. The van der Waals surface area contributed by atoms with Crippen LogP contribution >= 0.6 is 11.6 Å². The highest BCUT2D eigenvalue weighted by Gasteiger charge is 2.15. The summed E-state index contributed by atoms with van der Waals surface area (Å²) in [6, 6.07) is 3.74. The van der Waals surface area contributed by atoms with Crippen LogP contribution < -0.4 is 5.56 Å². The minimum atomic E-state index is 0.0255. The number of rotatable bonds is 2. The molecule has 0 fully saturated rings. The van der Waals surface area contributed by atoms with Crippen molar-refractivity contribution >= 4 is 28.1 Å². The third-order valence-electron chi connectivity index (χ3n) is 3.71. The van der Waals surface area contributed by atoms with Crippen molar-refractivity contribution in [2.45, 2.75) is 32.7 Å². The van der Waals surface area contributed by atoms with Crippen LogP contribution in [0.25, 0.3) is 16.5 Å². The molecule has 4 heteroatoms. The van der Waals surface area contributed by atoms with Crippen molar-refractivity contribution in [3.8, 4) is 0 Å². The van der Waals surface area contributed by atoms with Crippen molar-refractivity contribution in [3.63, 3.8) is 0 Å². The lowest BCUT2D eigenvalue weighted by atomic mass is 9.99. The average Bonchev–Trinajstić information content (AvgIpc) is 2.47. The summed E-state index contributed by atoms with van der Waals surface area (Å²) in [6.07, 6.45) is 10.00. The van der Waals surface area contributed by atoms with Crippen molar-refractivity contribution < 1.29 is 0 Å². The molecule has 0 aromatic carbocycles. The second-order valence-electron chi connectivity index (χ2n) is 5.53. The molecule has 0 bridgehead atoms. The Labute approximate surface area is 128 Å². The van der Waals surface area contributed by atoms with Crippen LogP contribution in [0.4, 0.5) is 0 Å². The Kier molecular flexibility index (Phi) is 3.68. The molecule has 3 nitrogen and oxygen atoms in total. The maximum atomic E-state index is 12.9. The van der Waals surface area contributed by atoms with E-state index in [2.05, 4.69) is 17.1 Å². The Morgan fingerprint density at radius 1 is 1.29 bits per heavy atom. The number of aromatic nitrogens is 2. The number of fused-ring (bicyclic) bond motifs is 1. The second kappa shape index (κ2) is 5.49. The van der Waals surface area contributed by atoms with Crippen molar-refractivity contribution in [1.82, 2.24) is 9.55 Å². The van der Waals surface area contributed by atoms with Crippen LogP contribution in [0.2, 0.25) is 5.15 Å². The van der Waals surface area contributed by atoms with E-state index in [4.69, 9.17) is 11.6 Å². The van der Waals surface area contributed by atoms with Crippen molar-refractivity contribution in [3.05, 3.63) is 57.6 Å². The quantitative estimate of drug-likeness (QED) is 0.772. The number of hydrogen-bond acceptors (Lipinski definition) is 2. The molecular weight excluding hydrogens is 284 g/mol. The van der Waals surface area contributed by atoms with E-state index in [1.54, 1.807) is 16.8 Å². The van der Waals surface area contributed by atoms with E-state index < -0.39 is 0 Å². The minimum absolute atomic E-state index is 0.0255. The van der Waals surface area contributed by atoms with E-state index in [1.807, 2.05) is 26.0 Å². The van der Waals surface area contributed by atoms with E-state index in [0.29, 0.717) is 5.15 Å². The van der Waals surface area contributed by atoms with Gasteiger partial charge in [0, 0.05) is 23.2 Å². The van der Waals surface area contributed by atoms with Gasteiger partial charge in [0.1, 0.15) is 5.15 Å². The summed E-state index contributed by atoms with van der Waals surface area (Å²) in [5.41, 5.74) is 2.59. The van der Waals surface area contributed by atoms with Crippen LogP contribution in [-0.4, -0.2) is 9.55 Å². The molecule has 0 atom stereocenters. The van der Waals surface area contributed by atoms with Crippen molar-refractivity contribution in [2.75, 3.05) is 0 Å². The largest absolute Gasteiger partial charge is 0.305 e. The van der Waals surface area contributed by atoms with Crippen LogP contribution in [0.1, 0.15) is 38.3 Å². The Hall–Kier alpha value is -1.87. The molecule has 2 aromatic heterocycles. The fourth-order valence-corrected chi connectivity index (χ4v) is 2.89. The molecule has 3 rings (SSSR count). The second-order valence-corrected chi connectivity index (χ2v) is 5.92. The van der Waals surface area contributed by atoms with Gasteiger partial charge in [-0.1, -0.05) is 29.8 Å². The molecule has 21 heavy (non-hydrogen) atoms. The molecule has 108 valence electrons. The first-order chi connectivity index (χ1) is 10.1. The van der Waals surface area contributed by atoms with E-state index in [-0.39, 0.29) is 11.6 Å². The monoisotopic (exact) mass is 300 g/mol. The van der Waals surface area contributed by atoms with Gasteiger partial charge in [0.15, 0.2) is 0 Å². The predicted octanol–water partition coefficient (Wildman–Crippen LogP) is 4.36. The molecule has 0 unspecified atom stereocenters. The smallest absolute Gasteiger partial charge is 0.259 e. The van der Waals surface area contributed by atoms with Gasteiger partial charge in [-0.15, -0.1) is 0 Å². The summed E-state index contributed by atoms with van der Waals surface area (Å²) in [5, 5.41) is 1.34. The number of halogens is 1. The van der Waals surface area contributed by atoms with Crippen LogP contribution in [0, 0.1) is 0 Å². The minimum Gasteiger partial charge on any atom is -0.305 e. The molecule has 0 N–H and O–H groups in total. The molecule has 0 aliphatic heterocycles. The normalized spacial score (nSPS) is 14.8. The summed E-state index contributed by atoms with van der Waals surface area (Å²) in [7, 11) is 0. The van der Waals surface area contributed by atoms with Gasteiger partial charge >= 0.3 is 0 Å². The molecule has 1 aliphatic carbocycles. The van der Waals surface area contributed by atoms with Crippen LogP contribution in [0.5, 0.6) is 0 Å². The molecular formula is C17H17ClN2O. The van der Waals surface area contributed by atoms with Crippen LogP contribution in [0.15, 0.2) is 41.4 Å². The maximum absolute atomic E-state index is 12.9. The number of nitrogens with zero attached hydrogens (tertiary/aromatic N) is 2. The van der Waals surface area contributed by atoms with E-state index >= 15 is 0 Å². The highest BCUT2D eigenvalue weighted by atomic mass is 35.5. The molecule has 0 amide bonds. The summed E-state index contributed by atoms with van der Waals surface area (Å²) < 4.78 is 1.79. The van der Waals surface area contributed by atoms with Gasteiger partial charge in [-0.3, -0.25) is 4.79 Å². The van der Waals surface area contributed by atoms with Crippen LogP contribution in [-0.2, 0) is 0 Å². The zero-order valence-corrected chi connectivity index (χ0v) is 12.9. The zero-order valence-electron chi connectivity index (χ0n) is 12.1. The Morgan fingerprint density at radius 2 is 2.10 bits per heavy atom. The maximum Gasteiger partial charge on any atom is 0.259 e. The fourth-order valence-electron chi connectivity index (χ4n) is 2.74. The number of hydrogen-bond donors (Lipinski definition) is 0. The van der Waals surface area contributed by atoms with Gasteiger partial charge in [0.25, 0.3) is 5.56 Å². The topological polar surface area (TPSA) is 34.9 Å². The molecule has 2 aromatic rings. The first-order valence-electron chi connectivity index (χ1n) is 7.16.